The summed E-state index contributed by atoms with van der Waals surface area (Å²) >= 11 is 0. The normalized spacial score (nSPS) is 27.4. The quantitative estimate of drug-likeness (QED) is 0.857. The first-order chi connectivity index (χ1) is 11.9. The number of nitrogens with one attached hydrogen (secondary N) is 1. The lowest BCUT2D eigenvalue weighted by Crippen LogP contribution is -2.35. The maximum atomic E-state index is 4.50. The second-order valence-electron chi connectivity index (χ2n) is 7.62. The summed E-state index contributed by atoms with van der Waals surface area (Å²) in [4.78, 5) is 4.50. The predicted molar refractivity (Wildman–Crippen MR) is 98.1 cm³/mol. The van der Waals surface area contributed by atoms with Crippen molar-refractivity contribution in [2.24, 2.45) is 5.92 Å². The van der Waals surface area contributed by atoms with Gasteiger partial charge >= 0.3 is 0 Å². The maximum Gasteiger partial charge on any atom is 0.108 e. The van der Waals surface area contributed by atoms with Crippen LogP contribution in [-0.4, -0.2) is 22.1 Å². The van der Waals surface area contributed by atoms with Gasteiger partial charge in [-0.05, 0) is 56.0 Å². The number of benzene rings is 1. The molecule has 0 radical (unpaired) electrons. The minimum Gasteiger partial charge on any atom is -0.335 e. The van der Waals surface area contributed by atoms with E-state index in [-0.39, 0.29) is 0 Å². The van der Waals surface area contributed by atoms with Crippen molar-refractivity contribution in [1.82, 2.24) is 14.9 Å². The molecule has 128 valence electrons. The summed E-state index contributed by atoms with van der Waals surface area (Å²) < 4.78 is 2.31. The molecule has 3 heteroatoms. The van der Waals surface area contributed by atoms with Gasteiger partial charge in [-0.15, -0.1) is 0 Å². The SMILES string of the molecule is c1ccc(C2CCCC(NCC3CCn4ccnc4C3)CC2)cc1. The highest BCUT2D eigenvalue weighted by molar-refractivity contribution is 5.19. The van der Waals surface area contributed by atoms with Crippen molar-refractivity contribution in [3.05, 3.63) is 54.1 Å². The molecule has 2 aromatic rings. The molecule has 3 unspecified atom stereocenters. The second-order valence-corrected chi connectivity index (χ2v) is 7.62. The van der Waals surface area contributed by atoms with Crippen molar-refractivity contribution in [2.45, 2.75) is 63.5 Å². The zero-order valence-corrected chi connectivity index (χ0v) is 14.5. The van der Waals surface area contributed by atoms with Gasteiger partial charge in [-0.3, -0.25) is 0 Å². The minimum atomic E-state index is 0.709. The number of hydrogen-bond acceptors (Lipinski definition) is 2. The Morgan fingerprint density at radius 1 is 1.04 bits per heavy atom. The fourth-order valence-electron chi connectivity index (χ4n) is 4.49. The molecule has 2 aliphatic rings. The summed E-state index contributed by atoms with van der Waals surface area (Å²) in [5.74, 6) is 2.80. The van der Waals surface area contributed by atoms with Crippen LogP contribution in [0, 0.1) is 5.92 Å². The minimum absolute atomic E-state index is 0.709. The lowest BCUT2D eigenvalue weighted by molar-refractivity contribution is 0.335. The molecule has 2 heterocycles. The van der Waals surface area contributed by atoms with Gasteiger partial charge in [-0.2, -0.15) is 0 Å². The molecule has 0 amide bonds. The van der Waals surface area contributed by atoms with Crippen molar-refractivity contribution in [2.75, 3.05) is 6.54 Å². The zero-order chi connectivity index (χ0) is 16.2. The smallest absolute Gasteiger partial charge is 0.108 e. The first-order valence-electron chi connectivity index (χ1n) is 9.67. The van der Waals surface area contributed by atoms with E-state index in [0.29, 0.717) is 6.04 Å². The van der Waals surface area contributed by atoms with Crippen molar-refractivity contribution in [3.63, 3.8) is 0 Å². The highest BCUT2D eigenvalue weighted by atomic mass is 15.1. The van der Waals surface area contributed by atoms with Crippen LogP contribution >= 0.6 is 0 Å². The van der Waals surface area contributed by atoms with Crippen LogP contribution in [-0.2, 0) is 13.0 Å². The molecule has 1 fully saturated rings. The number of aromatic nitrogens is 2. The summed E-state index contributed by atoms with van der Waals surface area (Å²) in [6.45, 7) is 2.30. The van der Waals surface area contributed by atoms with Crippen LogP contribution in [0.5, 0.6) is 0 Å². The summed E-state index contributed by atoms with van der Waals surface area (Å²) in [7, 11) is 0. The molecule has 24 heavy (non-hydrogen) atoms. The van der Waals surface area contributed by atoms with E-state index in [0.717, 1.165) is 31.3 Å². The molecule has 0 saturated heterocycles. The molecule has 1 saturated carbocycles. The monoisotopic (exact) mass is 323 g/mol. The molecule has 1 aliphatic heterocycles. The van der Waals surface area contributed by atoms with Crippen LogP contribution in [0.15, 0.2) is 42.7 Å². The Morgan fingerprint density at radius 2 is 1.96 bits per heavy atom. The van der Waals surface area contributed by atoms with Gasteiger partial charge in [0.25, 0.3) is 0 Å². The molecule has 1 aromatic heterocycles. The van der Waals surface area contributed by atoms with E-state index in [9.17, 15) is 0 Å². The van der Waals surface area contributed by atoms with Gasteiger partial charge in [0, 0.05) is 31.4 Å². The first kappa shape index (κ1) is 15.9. The van der Waals surface area contributed by atoms with E-state index in [1.165, 1.54) is 49.9 Å². The molecule has 1 aliphatic carbocycles. The van der Waals surface area contributed by atoms with Gasteiger partial charge < -0.3 is 9.88 Å². The molecule has 0 bridgehead atoms. The summed E-state index contributed by atoms with van der Waals surface area (Å²) in [5, 5.41) is 3.89. The Balaban J connectivity index is 1.26. The van der Waals surface area contributed by atoms with E-state index in [2.05, 4.69) is 51.4 Å². The van der Waals surface area contributed by atoms with Crippen molar-refractivity contribution in [3.8, 4) is 0 Å². The average molecular weight is 323 g/mol. The Bertz CT molecular complexity index is 634. The van der Waals surface area contributed by atoms with Gasteiger partial charge in [0.15, 0.2) is 0 Å². The highest BCUT2D eigenvalue weighted by Crippen LogP contribution is 2.31. The summed E-state index contributed by atoms with van der Waals surface area (Å²) in [6.07, 6.45) is 13.2. The standard InChI is InChI=1S/C21H29N3/c1-2-5-18(6-3-1)19-7-4-8-20(10-9-19)23-16-17-11-13-24-14-12-22-21(24)15-17/h1-3,5-6,12,14,17,19-20,23H,4,7-11,13,15-16H2. The van der Waals surface area contributed by atoms with Gasteiger partial charge in [0.05, 0.1) is 0 Å². The van der Waals surface area contributed by atoms with Crippen LogP contribution in [0.2, 0.25) is 0 Å². The van der Waals surface area contributed by atoms with Gasteiger partial charge in [-0.1, -0.05) is 36.8 Å². The molecular formula is C21H29N3. The number of nitrogens with zero attached hydrogens (tertiary/aromatic N) is 2. The molecule has 0 spiro atoms. The Morgan fingerprint density at radius 3 is 2.88 bits per heavy atom. The van der Waals surface area contributed by atoms with E-state index in [4.69, 9.17) is 0 Å². The highest BCUT2D eigenvalue weighted by Gasteiger charge is 2.23. The van der Waals surface area contributed by atoms with Crippen LogP contribution in [0.25, 0.3) is 0 Å². The predicted octanol–water partition coefficient (Wildman–Crippen LogP) is 4.15. The lowest BCUT2D eigenvalue weighted by atomic mass is 9.92. The zero-order valence-electron chi connectivity index (χ0n) is 14.5. The van der Waals surface area contributed by atoms with E-state index in [1.807, 2.05) is 6.20 Å². The fourth-order valence-corrected chi connectivity index (χ4v) is 4.49. The molecule has 1 aromatic carbocycles. The third kappa shape index (κ3) is 3.72. The van der Waals surface area contributed by atoms with Crippen LogP contribution in [0.4, 0.5) is 0 Å². The number of imidazole rings is 1. The van der Waals surface area contributed by atoms with Gasteiger partial charge in [0.2, 0.25) is 0 Å². The third-order valence-corrected chi connectivity index (χ3v) is 5.99. The number of fused-ring (bicyclic) bond motifs is 1. The van der Waals surface area contributed by atoms with E-state index < -0.39 is 0 Å². The van der Waals surface area contributed by atoms with Gasteiger partial charge in [0.1, 0.15) is 5.82 Å². The van der Waals surface area contributed by atoms with Crippen molar-refractivity contribution < 1.29 is 0 Å². The molecule has 4 rings (SSSR count). The number of hydrogen-bond donors (Lipinski definition) is 1. The molecular weight excluding hydrogens is 294 g/mol. The average Bonchev–Trinajstić information content (AvgIpc) is 2.97. The Labute approximate surface area is 145 Å². The third-order valence-electron chi connectivity index (χ3n) is 5.99. The van der Waals surface area contributed by atoms with Crippen molar-refractivity contribution in [1.29, 1.82) is 0 Å². The molecule has 3 atom stereocenters. The fraction of sp³-hybridized carbons (Fsp3) is 0.571. The number of aryl methyl sites for hydroxylation is 1. The summed E-state index contributed by atoms with van der Waals surface area (Å²) in [6, 6.07) is 11.8. The molecule has 1 N–H and O–H groups in total. The largest absolute Gasteiger partial charge is 0.335 e. The maximum absolute atomic E-state index is 4.50. The number of rotatable bonds is 4. The lowest BCUT2D eigenvalue weighted by Gasteiger charge is -2.26. The van der Waals surface area contributed by atoms with Gasteiger partial charge in [-0.25, -0.2) is 4.98 Å². The van der Waals surface area contributed by atoms with Crippen LogP contribution in [0.1, 0.15) is 55.8 Å². The van der Waals surface area contributed by atoms with E-state index >= 15 is 0 Å². The van der Waals surface area contributed by atoms with Crippen LogP contribution in [0.3, 0.4) is 0 Å². The van der Waals surface area contributed by atoms with E-state index in [1.54, 1.807) is 0 Å². The Hall–Kier alpha value is -1.61. The second kappa shape index (κ2) is 7.52. The topological polar surface area (TPSA) is 29.9 Å². The Kier molecular flexibility index (Phi) is 4.98. The van der Waals surface area contributed by atoms with Crippen molar-refractivity contribution >= 4 is 0 Å². The van der Waals surface area contributed by atoms with Crippen LogP contribution < -0.4 is 5.32 Å². The molecule has 3 nitrogen and oxygen atoms in total. The first-order valence-corrected chi connectivity index (χ1v) is 9.67. The summed E-state index contributed by atoms with van der Waals surface area (Å²) in [5.41, 5.74) is 1.54.